The van der Waals surface area contributed by atoms with Gasteiger partial charge in [-0.25, -0.2) is 15.0 Å². The fourth-order valence-electron chi connectivity index (χ4n) is 3.51. The Bertz CT molecular complexity index is 1120. The Hall–Kier alpha value is -3.50. The summed E-state index contributed by atoms with van der Waals surface area (Å²) in [5, 5.41) is 6.64. The van der Waals surface area contributed by atoms with E-state index < -0.39 is 0 Å². The predicted molar refractivity (Wildman–Crippen MR) is 130 cm³/mol. The van der Waals surface area contributed by atoms with E-state index in [4.69, 9.17) is 21.3 Å². The van der Waals surface area contributed by atoms with Crippen molar-refractivity contribution in [2.75, 3.05) is 50.6 Å². The third-order valence-corrected chi connectivity index (χ3v) is 5.80. The lowest BCUT2D eigenvalue weighted by Crippen LogP contribution is -2.45. The highest BCUT2D eigenvalue weighted by Gasteiger charge is 2.20. The van der Waals surface area contributed by atoms with Crippen molar-refractivity contribution in [1.29, 1.82) is 0 Å². The first-order chi connectivity index (χ1) is 16.5. The molecule has 1 fully saturated rings. The van der Waals surface area contributed by atoms with Gasteiger partial charge in [0.05, 0.1) is 18.7 Å². The van der Waals surface area contributed by atoms with E-state index in [0.717, 1.165) is 31.7 Å². The highest BCUT2D eigenvalue weighted by molar-refractivity contribution is 6.32. The summed E-state index contributed by atoms with van der Waals surface area (Å²) in [4.78, 5) is 34.8. The molecule has 0 aliphatic carbocycles. The third-order valence-electron chi connectivity index (χ3n) is 5.51. The van der Waals surface area contributed by atoms with Crippen LogP contribution in [0.4, 0.5) is 11.8 Å². The molecule has 1 aliphatic heterocycles. The van der Waals surface area contributed by atoms with Gasteiger partial charge in [0.15, 0.2) is 0 Å². The molecule has 34 heavy (non-hydrogen) atoms. The first-order valence-corrected chi connectivity index (χ1v) is 11.3. The molecular formula is C23H27ClN8O2. The van der Waals surface area contributed by atoms with Gasteiger partial charge in [0.2, 0.25) is 5.95 Å². The van der Waals surface area contributed by atoms with E-state index in [-0.39, 0.29) is 12.5 Å². The molecular weight excluding hydrogens is 456 g/mol. The number of hydrogen-bond acceptors (Lipinski definition) is 9. The predicted octanol–water partition coefficient (Wildman–Crippen LogP) is 2.22. The number of piperazine rings is 1. The van der Waals surface area contributed by atoms with Crippen LogP contribution in [0.2, 0.25) is 5.02 Å². The minimum atomic E-state index is -0.312. The molecule has 0 unspecified atom stereocenters. The molecule has 0 saturated carbocycles. The monoisotopic (exact) mass is 482 g/mol. The van der Waals surface area contributed by atoms with Crippen LogP contribution in [0.25, 0.3) is 0 Å². The van der Waals surface area contributed by atoms with Gasteiger partial charge >= 0.3 is 0 Å². The molecule has 1 amide bonds. The molecule has 3 heterocycles. The minimum absolute atomic E-state index is 0.202. The van der Waals surface area contributed by atoms with E-state index in [2.05, 4.69) is 42.4 Å². The number of rotatable bonds is 8. The van der Waals surface area contributed by atoms with Gasteiger partial charge in [0.25, 0.3) is 5.91 Å². The molecule has 178 valence electrons. The zero-order valence-electron chi connectivity index (χ0n) is 19.2. The summed E-state index contributed by atoms with van der Waals surface area (Å²) in [6.07, 6.45) is 4.83. The van der Waals surface area contributed by atoms with Crippen molar-refractivity contribution in [3.05, 3.63) is 64.8 Å². The smallest absolute Gasteiger partial charge is 0.256 e. The van der Waals surface area contributed by atoms with Crippen LogP contribution >= 0.6 is 11.6 Å². The fraction of sp³-hybridized carbons (Fsp3) is 0.348. The van der Waals surface area contributed by atoms with Crippen molar-refractivity contribution in [3.8, 4) is 5.75 Å². The highest BCUT2D eigenvalue weighted by Crippen LogP contribution is 2.26. The first kappa shape index (κ1) is 23.7. The summed E-state index contributed by atoms with van der Waals surface area (Å²) in [6.45, 7) is 4.12. The molecule has 1 aliphatic rings. The average Bonchev–Trinajstić information content (AvgIpc) is 2.87. The zero-order valence-corrected chi connectivity index (χ0v) is 19.9. The number of halogens is 1. The minimum Gasteiger partial charge on any atom is -0.495 e. The van der Waals surface area contributed by atoms with Gasteiger partial charge in [0.1, 0.15) is 23.0 Å². The maximum absolute atomic E-state index is 13.0. The third kappa shape index (κ3) is 5.89. The quantitative estimate of drug-likeness (QED) is 0.499. The Morgan fingerprint density at radius 1 is 1.12 bits per heavy atom. The molecule has 4 rings (SSSR count). The number of ether oxygens (including phenoxy) is 1. The molecule has 0 bridgehead atoms. The van der Waals surface area contributed by atoms with Gasteiger partial charge in [0, 0.05) is 51.3 Å². The second-order valence-electron chi connectivity index (χ2n) is 7.89. The molecule has 10 nitrogen and oxygen atoms in total. The van der Waals surface area contributed by atoms with Gasteiger partial charge in [-0.05, 0) is 30.8 Å². The van der Waals surface area contributed by atoms with Gasteiger partial charge in [-0.15, -0.1) is 0 Å². The summed E-state index contributed by atoms with van der Waals surface area (Å²) in [6, 6.07) is 7.27. The lowest BCUT2D eigenvalue weighted by Gasteiger charge is -2.32. The number of nitrogens with zero attached hydrogens (tertiary/aromatic N) is 6. The molecule has 0 atom stereocenters. The number of nitrogens with one attached hydrogen (secondary N) is 2. The lowest BCUT2D eigenvalue weighted by atomic mass is 10.2. The van der Waals surface area contributed by atoms with E-state index in [0.29, 0.717) is 40.5 Å². The topological polar surface area (TPSA) is 108 Å². The maximum atomic E-state index is 13.0. The van der Waals surface area contributed by atoms with Crippen molar-refractivity contribution in [2.24, 2.45) is 0 Å². The van der Waals surface area contributed by atoms with Gasteiger partial charge in [-0.1, -0.05) is 17.7 Å². The van der Waals surface area contributed by atoms with Crippen molar-refractivity contribution >= 4 is 29.3 Å². The van der Waals surface area contributed by atoms with E-state index in [1.807, 2.05) is 18.2 Å². The Labute approximate surface area is 203 Å². The Balaban J connectivity index is 1.54. The second kappa shape index (κ2) is 11.1. The molecule has 1 aromatic carbocycles. The van der Waals surface area contributed by atoms with Crippen LogP contribution in [0.3, 0.4) is 0 Å². The molecule has 2 N–H and O–H groups in total. The number of carbonyl (C=O) groups is 1. The van der Waals surface area contributed by atoms with Crippen molar-refractivity contribution in [2.45, 2.75) is 13.1 Å². The summed E-state index contributed by atoms with van der Waals surface area (Å²) in [5.74, 6) is 1.85. The first-order valence-electron chi connectivity index (χ1n) is 10.9. The largest absolute Gasteiger partial charge is 0.495 e. The molecule has 0 spiro atoms. The summed E-state index contributed by atoms with van der Waals surface area (Å²) < 4.78 is 5.22. The molecule has 2 aromatic heterocycles. The van der Waals surface area contributed by atoms with Gasteiger partial charge < -0.3 is 25.2 Å². The van der Waals surface area contributed by atoms with Crippen LogP contribution in [-0.4, -0.2) is 71.1 Å². The van der Waals surface area contributed by atoms with Crippen LogP contribution < -0.4 is 20.3 Å². The number of carbonyl (C=O) groups excluding carboxylic acids is 1. The number of aromatic nitrogens is 4. The lowest BCUT2D eigenvalue weighted by molar-refractivity contribution is 0.0950. The van der Waals surface area contributed by atoms with Crippen LogP contribution in [-0.2, 0) is 13.1 Å². The second-order valence-corrected chi connectivity index (χ2v) is 8.30. The van der Waals surface area contributed by atoms with Crippen molar-refractivity contribution in [1.82, 2.24) is 30.2 Å². The van der Waals surface area contributed by atoms with Crippen LogP contribution in [0, 0.1) is 0 Å². The number of likely N-dealkylation sites (N-methyl/N-ethyl adjacent to an activating group) is 1. The van der Waals surface area contributed by atoms with Crippen LogP contribution in [0.1, 0.15) is 21.7 Å². The van der Waals surface area contributed by atoms with E-state index >= 15 is 0 Å². The van der Waals surface area contributed by atoms with E-state index in [9.17, 15) is 4.79 Å². The fourth-order valence-corrected chi connectivity index (χ4v) is 3.79. The standard InChI is InChI=1S/C23H27ClN8O2/c1-31-8-10-32(11-9-31)23-29-14-17(22(33)28-15-20-25-6-3-7-26-20)21(30-23)27-13-16-4-5-19(34-2)18(24)12-16/h3-7,12,14H,8-11,13,15H2,1-2H3,(H,28,33)(H,27,29,30). The Morgan fingerprint density at radius 3 is 2.59 bits per heavy atom. The molecule has 0 radical (unpaired) electrons. The highest BCUT2D eigenvalue weighted by atomic mass is 35.5. The maximum Gasteiger partial charge on any atom is 0.256 e. The van der Waals surface area contributed by atoms with Gasteiger partial charge in [-0.3, -0.25) is 4.79 Å². The summed E-state index contributed by atoms with van der Waals surface area (Å²) in [7, 11) is 3.67. The number of methoxy groups -OCH3 is 1. The van der Waals surface area contributed by atoms with Crippen molar-refractivity contribution < 1.29 is 9.53 Å². The molecule has 11 heteroatoms. The summed E-state index contributed by atoms with van der Waals surface area (Å²) >= 11 is 6.27. The van der Waals surface area contributed by atoms with Crippen molar-refractivity contribution in [3.63, 3.8) is 0 Å². The number of benzene rings is 1. The Morgan fingerprint density at radius 2 is 1.88 bits per heavy atom. The SMILES string of the molecule is COc1ccc(CNc2nc(N3CCN(C)CC3)ncc2C(=O)NCc2ncccn2)cc1Cl. The zero-order chi connectivity index (χ0) is 23.9. The summed E-state index contributed by atoms with van der Waals surface area (Å²) in [5.41, 5.74) is 1.27. The van der Waals surface area contributed by atoms with E-state index in [1.165, 1.54) is 0 Å². The number of anilines is 2. The Kier molecular flexibility index (Phi) is 7.71. The van der Waals surface area contributed by atoms with E-state index in [1.54, 1.807) is 31.8 Å². The van der Waals surface area contributed by atoms with Gasteiger partial charge in [-0.2, -0.15) is 4.98 Å². The van der Waals surface area contributed by atoms with Crippen LogP contribution in [0.5, 0.6) is 5.75 Å². The molecule has 1 saturated heterocycles. The average molecular weight is 483 g/mol. The normalized spacial score (nSPS) is 14.0. The molecule has 3 aromatic rings. The number of hydrogen-bond donors (Lipinski definition) is 2. The number of amides is 1. The van der Waals surface area contributed by atoms with Crippen LogP contribution in [0.15, 0.2) is 42.9 Å².